The Morgan fingerprint density at radius 3 is 3.00 bits per heavy atom. The molecule has 140 valence electrons. The smallest absolute Gasteiger partial charge is 0.408 e. The summed E-state index contributed by atoms with van der Waals surface area (Å²) in [6.07, 6.45) is 2.91. The van der Waals surface area contributed by atoms with Gasteiger partial charge in [0.25, 0.3) is 0 Å². The van der Waals surface area contributed by atoms with E-state index in [1.54, 1.807) is 18.2 Å². The average Bonchev–Trinajstić information content (AvgIpc) is 3.20. The highest BCUT2D eigenvalue weighted by Crippen LogP contribution is 2.25. The highest BCUT2D eigenvalue weighted by atomic mass is 35.5. The van der Waals surface area contributed by atoms with Gasteiger partial charge in [-0.1, -0.05) is 23.4 Å². The van der Waals surface area contributed by atoms with Gasteiger partial charge in [0.1, 0.15) is 5.75 Å². The summed E-state index contributed by atoms with van der Waals surface area (Å²) < 4.78 is 6.69. The van der Waals surface area contributed by atoms with E-state index in [2.05, 4.69) is 20.6 Å². The number of benzene rings is 1. The number of halogens is 1. The van der Waals surface area contributed by atoms with Gasteiger partial charge in [0, 0.05) is 5.56 Å². The van der Waals surface area contributed by atoms with E-state index in [1.807, 2.05) is 0 Å². The number of rotatable bonds is 6. The summed E-state index contributed by atoms with van der Waals surface area (Å²) in [7, 11) is 1.52. The van der Waals surface area contributed by atoms with Crippen molar-refractivity contribution in [2.24, 2.45) is 10.2 Å². The molecule has 1 fully saturated rings. The van der Waals surface area contributed by atoms with Crippen molar-refractivity contribution in [1.29, 1.82) is 0 Å². The van der Waals surface area contributed by atoms with Crippen molar-refractivity contribution < 1.29 is 14.5 Å². The highest BCUT2D eigenvalue weighted by molar-refractivity contribution is 8.15. The Hall–Kier alpha value is -2.92. The minimum atomic E-state index is -0.641. The SMILES string of the molecule is COc1ccc(C=NN=C2NC(=O)CS2)cc1Cn1cc(Cl)c([N+](=O)[O-])n1. The Kier molecular flexibility index (Phi) is 5.72. The predicted molar refractivity (Wildman–Crippen MR) is 102 cm³/mol. The third kappa shape index (κ3) is 4.63. The molecular formula is C15H13ClN6O4S. The second kappa shape index (κ2) is 8.18. The first kappa shape index (κ1) is 18.9. The van der Waals surface area contributed by atoms with Gasteiger partial charge in [-0.25, -0.2) is 0 Å². The lowest BCUT2D eigenvalue weighted by Gasteiger charge is -2.08. The van der Waals surface area contributed by atoms with Crippen molar-refractivity contribution in [3.8, 4) is 5.75 Å². The van der Waals surface area contributed by atoms with Crippen LogP contribution in [0.1, 0.15) is 11.1 Å². The van der Waals surface area contributed by atoms with Gasteiger partial charge < -0.3 is 20.2 Å². The van der Waals surface area contributed by atoms with Crippen LogP contribution < -0.4 is 10.1 Å². The molecule has 2 heterocycles. The molecule has 0 spiro atoms. The first-order chi connectivity index (χ1) is 13.0. The fourth-order valence-electron chi connectivity index (χ4n) is 2.30. The van der Waals surface area contributed by atoms with Crippen LogP contribution in [-0.2, 0) is 11.3 Å². The van der Waals surface area contributed by atoms with Crippen LogP contribution in [-0.4, -0.2) is 44.9 Å². The van der Waals surface area contributed by atoms with Crippen molar-refractivity contribution in [3.63, 3.8) is 0 Å². The summed E-state index contributed by atoms with van der Waals surface area (Å²) in [5.41, 5.74) is 1.46. The molecular weight excluding hydrogens is 396 g/mol. The van der Waals surface area contributed by atoms with Crippen molar-refractivity contribution >= 4 is 46.5 Å². The van der Waals surface area contributed by atoms with Crippen LogP contribution in [0.4, 0.5) is 5.82 Å². The van der Waals surface area contributed by atoms with Gasteiger partial charge in [-0.3, -0.25) is 4.79 Å². The second-order valence-electron chi connectivity index (χ2n) is 5.31. The van der Waals surface area contributed by atoms with E-state index >= 15 is 0 Å². The first-order valence-corrected chi connectivity index (χ1v) is 8.90. The zero-order chi connectivity index (χ0) is 19.4. The standard InChI is InChI=1S/C15H13ClN6O4S/c1-26-12-3-2-9(5-17-19-15-18-13(23)8-27-15)4-10(12)6-21-7-11(16)14(20-21)22(24)25/h2-5,7H,6,8H2,1H3,(H,18,19,23). The van der Waals surface area contributed by atoms with E-state index in [9.17, 15) is 14.9 Å². The highest BCUT2D eigenvalue weighted by Gasteiger charge is 2.20. The van der Waals surface area contributed by atoms with Gasteiger partial charge >= 0.3 is 5.82 Å². The molecule has 0 unspecified atom stereocenters. The predicted octanol–water partition coefficient (Wildman–Crippen LogP) is 2.05. The quantitative estimate of drug-likeness (QED) is 0.443. The normalized spacial score (nSPS) is 15.5. The van der Waals surface area contributed by atoms with Gasteiger partial charge in [0.05, 0.1) is 36.9 Å². The lowest BCUT2D eigenvalue weighted by Crippen LogP contribution is -2.19. The molecule has 12 heteroatoms. The molecule has 0 bridgehead atoms. The number of amides is 1. The lowest BCUT2D eigenvalue weighted by molar-refractivity contribution is -0.389. The van der Waals surface area contributed by atoms with Gasteiger partial charge in [-0.05, 0) is 28.7 Å². The number of nitro groups is 1. The Balaban J connectivity index is 1.80. The van der Waals surface area contributed by atoms with Crippen LogP contribution in [0.25, 0.3) is 0 Å². The van der Waals surface area contributed by atoms with Crippen molar-refractivity contribution in [2.45, 2.75) is 6.54 Å². The number of methoxy groups -OCH3 is 1. The molecule has 1 aromatic heterocycles. The number of thioether (sulfide) groups is 1. The van der Waals surface area contributed by atoms with E-state index in [0.717, 1.165) is 11.1 Å². The molecule has 10 nitrogen and oxygen atoms in total. The van der Waals surface area contributed by atoms with Crippen molar-refractivity contribution in [1.82, 2.24) is 15.1 Å². The number of aromatic nitrogens is 2. The molecule has 1 aliphatic heterocycles. The summed E-state index contributed by atoms with van der Waals surface area (Å²) in [6.45, 7) is 0.221. The van der Waals surface area contributed by atoms with Gasteiger partial charge in [-0.15, -0.1) is 5.10 Å². The summed E-state index contributed by atoms with van der Waals surface area (Å²) >= 11 is 7.11. The van der Waals surface area contributed by atoms with Crippen LogP contribution >= 0.6 is 23.4 Å². The van der Waals surface area contributed by atoms with Gasteiger partial charge in [0.15, 0.2) is 10.2 Å². The molecule has 3 rings (SSSR count). The van der Waals surface area contributed by atoms with E-state index in [1.165, 1.54) is 36.0 Å². The van der Waals surface area contributed by atoms with E-state index < -0.39 is 10.7 Å². The Labute approximate surface area is 162 Å². The molecule has 1 amide bonds. The summed E-state index contributed by atoms with van der Waals surface area (Å²) in [5, 5.41) is 25.6. The minimum absolute atomic E-state index is 0.0383. The fraction of sp³-hybridized carbons (Fsp3) is 0.200. The van der Waals surface area contributed by atoms with Crippen molar-refractivity contribution in [3.05, 3.63) is 50.7 Å². The maximum absolute atomic E-state index is 11.1. The number of nitrogens with one attached hydrogen (secondary N) is 1. The summed E-state index contributed by atoms with van der Waals surface area (Å²) in [5.74, 6) is 0.416. The van der Waals surface area contributed by atoms with Gasteiger partial charge in [0.2, 0.25) is 5.91 Å². The van der Waals surface area contributed by atoms with Crippen LogP contribution in [0.3, 0.4) is 0 Å². The molecule has 0 aliphatic carbocycles. The van der Waals surface area contributed by atoms with Crippen LogP contribution in [0.5, 0.6) is 5.75 Å². The fourth-order valence-corrected chi connectivity index (χ4v) is 3.15. The molecule has 1 aliphatic rings. The number of amidine groups is 1. The average molecular weight is 409 g/mol. The first-order valence-electron chi connectivity index (χ1n) is 7.54. The van der Waals surface area contributed by atoms with Gasteiger partial charge in [-0.2, -0.15) is 9.78 Å². The molecule has 27 heavy (non-hydrogen) atoms. The topological polar surface area (TPSA) is 124 Å². The van der Waals surface area contributed by atoms with E-state index in [0.29, 0.717) is 16.7 Å². The number of hydrogen-bond acceptors (Lipinski definition) is 8. The number of ether oxygens (including phenoxy) is 1. The van der Waals surface area contributed by atoms with E-state index in [4.69, 9.17) is 16.3 Å². The lowest BCUT2D eigenvalue weighted by atomic mass is 10.1. The van der Waals surface area contributed by atoms with Crippen molar-refractivity contribution in [2.75, 3.05) is 12.9 Å². The van der Waals surface area contributed by atoms with Crippen LogP contribution in [0.15, 0.2) is 34.6 Å². The largest absolute Gasteiger partial charge is 0.496 e. The minimum Gasteiger partial charge on any atom is -0.496 e. The van der Waals surface area contributed by atoms with Crippen LogP contribution in [0, 0.1) is 10.1 Å². The molecule has 0 atom stereocenters. The summed E-state index contributed by atoms with van der Waals surface area (Å²) in [4.78, 5) is 21.3. The zero-order valence-corrected chi connectivity index (χ0v) is 15.5. The number of hydrogen-bond donors (Lipinski definition) is 1. The van der Waals surface area contributed by atoms with Crippen LogP contribution in [0.2, 0.25) is 5.02 Å². The second-order valence-corrected chi connectivity index (χ2v) is 6.68. The molecule has 1 saturated heterocycles. The Morgan fingerprint density at radius 1 is 1.56 bits per heavy atom. The molecule has 1 aromatic carbocycles. The van der Waals surface area contributed by atoms with E-state index in [-0.39, 0.29) is 17.5 Å². The molecule has 0 radical (unpaired) electrons. The zero-order valence-electron chi connectivity index (χ0n) is 14.0. The third-order valence-electron chi connectivity index (χ3n) is 3.45. The maximum Gasteiger partial charge on any atom is 0.408 e. The molecule has 1 N–H and O–H groups in total. The number of carbonyl (C=O) groups excluding carboxylic acids is 1. The number of nitrogens with zero attached hydrogens (tertiary/aromatic N) is 5. The molecule has 2 aromatic rings. The Morgan fingerprint density at radius 2 is 2.37 bits per heavy atom. The Bertz CT molecular complexity index is 958. The number of carbonyl (C=O) groups is 1. The molecule has 0 saturated carbocycles. The maximum atomic E-state index is 11.1. The third-order valence-corrected chi connectivity index (χ3v) is 4.58. The monoisotopic (exact) mass is 408 g/mol. The summed E-state index contributed by atoms with van der Waals surface area (Å²) in [6, 6.07) is 5.32.